The molecule has 1 fully saturated rings. The molecule has 34 heavy (non-hydrogen) atoms. The van der Waals surface area contributed by atoms with Gasteiger partial charge in [0.15, 0.2) is 10.9 Å². The van der Waals surface area contributed by atoms with Gasteiger partial charge in [0.1, 0.15) is 12.4 Å². The fourth-order valence-electron chi connectivity index (χ4n) is 3.10. The predicted molar refractivity (Wildman–Crippen MR) is 141 cm³/mol. The topological polar surface area (TPSA) is 59.9 Å². The van der Waals surface area contributed by atoms with Crippen LogP contribution >= 0.6 is 46.6 Å². The largest absolute Gasteiger partial charge is 0.494 e. The summed E-state index contributed by atoms with van der Waals surface area (Å²) in [5, 5.41) is 4.51. The van der Waals surface area contributed by atoms with Crippen LogP contribution in [0.1, 0.15) is 18.1 Å². The zero-order valence-electron chi connectivity index (χ0n) is 18.0. The first kappa shape index (κ1) is 24.5. The van der Waals surface area contributed by atoms with E-state index < -0.39 is 0 Å². The van der Waals surface area contributed by atoms with E-state index in [4.69, 9.17) is 44.3 Å². The number of benzene rings is 3. The fraction of sp³-hybridized carbons (Fsp3) is 0.120. The number of aliphatic imine (C=N–C) groups is 1. The van der Waals surface area contributed by atoms with Gasteiger partial charge in [0.25, 0.3) is 5.91 Å². The summed E-state index contributed by atoms with van der Waals surface area (Å²) in [6, 6.07) is 18.1. The number of nitrogens with zero attached hydrogens (tertiary/aromatic N) is 1. The van der Waals surface area contributed by atoms with Crippen LogP contribution in [0.3, 0.4) is 0 Å². The lowest BCUT2D eigenvalue weighted by atomic mass is 10.2. The van der Waals surface area contributed by atoms with Crippen LogP contribution < -0.4 is 14.8 Å². The van der Waals surface area contributed by atoms with E-state index in [1.54, 1.807) is 24.3 Å². The van der Waals surface area contributed by atoms with Gasteiger partial charge in [-0.15, -0.1) is 0 Å². The Morgan fingerprint density at radius 2 is 1.68 bits per heavy atom. The van der Waals surface area contributed by atoms with Crippen molar-refractivity contribution in [2.24, 2.45) is 4.99 Å². The van der Waals surface area contributed by atoms with Gasteiger partial charge in [-0.1, -0.05) is 53.0 Å². The summed E-state index contributed by atoms with van der Waals surface area (Å²) in [5.74, 6) is 0.871. The summed E-state index contributed by atoms with van der Waals surface area (Å²) in [4.78, 5) is 17.4. The first-order valence-electron chi connectivity index (χ1n) is 10.3. The van der Waals surface area contributed by atoms with Crippen molar-refractivity contribution in [3.05, 3.63) is 91.8 Å². The standard InChI is InChI=1S/C25H19Cl3N2O3S/c1-2-32-18-9-7-17(8-10-18)29-25-30-24(31)22(34-25)13-15-11-20(27)23(21(28)12-15)33-14-16-5-3-4-6-19(16)26/h3-13H,2,14H2,1H3,(H,29,30,31)/b22-13+. The maximum atomic E-state index is 12.4. The van der Waals surface area contributed by atoms with Gasteiger partial charge in [-0.05, 0) is 72.8 Å². The smallest absolute Gasteiger partial charge is 0.264 e. The summed E-state index contributed by atoms with van der Waals surface area (Å²) < 4.78 is 11.2. The van der Waals surface area contributed by atoms with Crippen LogP contribution in [-0.4, -0.2) is 17.7 Å². The number of halogens is 3. The summed E-state index contributed by atoms with van der Waals surface area (Å²) >= 11 is 20.3. The van der Waals surface area contributed by atoms with E-state index in [-0.39, 0.29) is 12.5 Å². The molecule has 0 atom stereocenters. The molecular formula is C25H19Cl3N2O3S. The Bertz CT molecular complexity index is 1250. The maximum absolute atomic E-state index is 12.4. The van der Waals surface area contributed by atoms with E-state index in [0.29, 0.717) is 48.7 Å². The lowest BCUT2D eigenvalue weighted by molar-refractivity contribution is -0.115. The van der Waals surface area contributed by atoms with Gasteiger partial charge in [0.05, 0.1) is 27.2 Å². The second-order valence-electron chi connectivity index (χ2n) is 7.10. The molecule has 9 heteroatoms. The lowest BCUT2D eigenvalue weighted by Crippen LogP contribution is -2.19. The first-order valence-corrected chi connectivity index (χ1v) is 12.3. The number of nitrogens with one attached hydrogen (secondary N) is 1. The molecule has 1 saturated heterocycles. The van der Waals surface area contributed by atoms with E-state index in [2.05, 4.69) is 10.3 Å². The van der Waals surface area contributed by atoms with Crippen LogP contribution in [0, 0.1) is 0 Å². The second kappa shape index (κ2) is 11.2. The summed E-state index contributed by atoms with van der Waals surface area (Å²) in [6.07, 6.45) is 1.70. The maximum Gasteiger partial charge on any atom is 0.264 e. The van der Waals surface area contributed by atoms with Crippen molar-refractivity contribution in [1.82, 2.24) is 5.32 Å². The predicted octanol–water partition coefficient (Wildman–Crippen LogP) is 7.52. The number of carbonyl (C=O) groups excluding carboxylic acids is 1. The average Bonchev–Trinajstić information content (AvgIpc) is 3.14. The van der Waals surface area contributed by atoms with Crippen molar-refractivity contribution in [3.63, 3.8) is 0 Å². The highest BCUT2D eigenvalue weighted by Crippen LogP contribution is 2.37. The SMILES string of the molecule is CCOc1ccc(N=C2NC(=O)/C(=C\c3cc(Cl)c(OCc4ccccc4Cl)c(Cl)c3)S2)cc1. The number of carbonyl (C=O) groups is 1. The van der Waals surface area contributed by atoms with Crippen LogP contribution in [0.4, 0.5) is 5.69 Å². The van der Waals surface area contributed by atoms with E-state index in [1.165, 1.54) is 11.8 Å². The summed E-state index contributed by atoms with van der Waals surface area (Å²) in [7, 11) is 0. The normalized spacial score (nSPS) is 15.6. The summed E-state index contributed by atoms with van der Waals surface area (Å²) in [5.41, 5.74) is 2.19. The molecule has 0 aromatic heterocycles. The minimum Gasteiger partial charge on any atom is -0.494 e. The zero-order valence-corrected chi connectivity index (χ0v) is 21.1. The van der Waals surface area contributed by atoms with Crippen molar-refractivity contribution in [2.75, 3.05) is 6.61 Å². The molecule has 0 bridgehead atoms. The van der Waals surface area contributed by atoms with Gasteiger partial charge < -0.3 is 14.8 Å². The van der Waals surface area contributed by atoms with Crippen molar-refractivity contribution < 1.29 is 14.3 Å². The van der Waals surface area contributed by atoms with Crippen molar-refractivity contribution in [1.29, 1.82) is 0 Å². The van der Waals surface area contributed by atoms with Gasteiger partial charge in [-0.2, -0.15) is 0 Å². The number of hydrogen-bond acceptors (Lipinski definition) is 5. The molecule has 1 amide bonds. The van der Waals surface area contributed by atoms with Crippen molar-refractivity contribution >= 4 is 69.4 Å². The Kier molecular flexibility index (Phi) is 8.06. The highest BCUT2D eigenvalue weighted by Gasteiger charge is 2.24. The Balaban J connectivity index is 1.48. The lowest BCUT2D eigenvalue weighted by Gasteiger charge is -2.12. The second-order valence-corrected chi connectivity index (χ2v) is 9.35. The Morgan fingerprint density at radius 1 is 0.971 bits per heavy atom. The molecule has 1 heterocycles. The third kappa shape index (κ3) is 6.07. The first-order chi connectivity index (χ1) is 16.4. The van der Waals surface area contributed by atoms with Crippen molar-refractivity contribution in [3.8, 4) is 11.5 Å². The third-order valence-corrected chi connectivity index (χ3v) is 6.52. The van der Waals surface area contributed by atoms with E-state index in [1.807, 2.05) is 49.4 Å². The Labute approximate surface area is 216 Å². The van der Waals surface area contributed by atoms with E-state index >= 15 is 0 Å². The van der Waals surface area contributed by atoms with Crippen LogP contribution in [0.15, 0.2) is 70.6 Å². The molecule has 5 nitrogen and oxygen atoms in total. The Morgan fingerprint density at radius 3 is 2.35 bits per heavy atom. The van der Waals surface area contributed by atoms with Crippen LogP contribution in [0.5, 0.6) is 11.5 Å². The number of hydrogen-bond donors (Lipinski definition) is 1. The quantitative estimate of drug-likeness (QED) is 0.319. The van der Waals surface area contributed by atoms with Gasteiger partial charge in [-0.25, -0.2) is 4.99 Å². The molecule has 174 valence electrons. The minimum atomic E-state index is -0.249. The molecule has 0 radical (unpaired) electrons. The number of ether oxygens (including phenoxy) is 2. The molecule has 0 spiro atoms. The monoisotopic (exact) mass is 532 g/mol. The number of rotatable bonds is 7. The molecule has 1 N–H and O–H groups in total. The van der Waals surface area contributed by atoms with Crippen LogP contribution in [-0.2, 0) is 11.4 Å². The third-order valence-electron chi connectivity index (χ3n) is 4.68. The number of amidine groups is 1. The van der Waals surface area contributed by atoms with E-state index in [0.717, 1.165) is 11.3 Å². The Hall–Kier alpha value is -2.64. The molecule has 3 aromatic rings. The molecule has 0 aliphatic carbocycles. The van der Waals surface area contributed by atoms with Crippen LogP contribution in [0.2, 0.25) is 15.1 Å². The molecule has 1 aliphatic rings. The van der Waals surface area contributed by atoms with Gasteiger partial charge in [0, 0.05) is 10.6 Å². The average molecular weight is 534 g/mol. The van der Waals surface area contributed by atoms with Crippen molar-refractivity contribution in [2.45, 2.75) is 13.5 Å². The molecule has 4 rings (SSSR count). The zero-order chi connectivity index (χ0) is 24.1. The van der Waals surface area contributed by atoms with E-state index in [9.17, 15) is 4.79 Å². The number of thioether (sulfide) groups is 1. The molecule has 0 unspecified atom stereocenters. The highest BCUT2D eigenvalue weighted by molar-refractivity contribution is 8.18. The molecule has 3 aromatic carbocycles. The van der Waals surface area contributed by atoms with Crippen LogP contribution in [0.25, 0.3) is 6.08 Å². The molecular weight excluding hydrogens is 515 g/mol. The minimum absolute atomic E-state index is 0.225. The van der Waals surface area contributed by atoms with Gasteiger partial charge in [0.2, 0.25) is 0 Å². The summed E-state index contributed by atoms with van der Waals surface area (Å²) in [6.45, 7) is 2.74. The number of amides is 1. The molecule has 0 saturated carbocycles. The highest BCUT2D eigenvalue weighted by atomic mass is 35.5. The van der Waals surface area contributed by atoms with Gasteiger partial charge >= 0.3 is 0 Å². The van der Waals surface area contributed by atoms with Gasteiger partial charge in [-0.3, -0.25) is 4.79 Å². The fourth-order valence-corrected chi connectivity index (χ4v) is 4.74. The molecule has 1 aliphatic heterocycles.